The van der Waals surface area contributed by atoms with Crippen molar-refractivity contribution in [1.82, 2.24) is 4.57 Å². The summed E-state index contributed by atoms with van der Waals surface area (Å²) in [5, 5.41) is 0. The fraction of sp³-hybridized carbons (Fsp3) is 0.389. The predicted molar refractivity (Wildman–Crippen MR) is 85.1 cm³/mol. The average Bonchev–Trinajstić information content (AvgIpc) is 2.82. The van der Waals surface area contributed by atoms with Crippen LogP contribution in [0.3, 0.4) is 0 Å². The molecule has 3 nitrogen and oxygen atoms in total. The molecule has 112 valence electrons. The van der Waals surface area contributed by atoms with Gasteiger partial charge in [0, 0.05) is 25.0 Å². The van der Waals surface area contributed by atoms with Crippen molar-refractivity contribution in [2.45, 2.75) is 33.1 Å². The van der Waals surface area contributed by atoms with Crippen molar-refractivity contribution in [3.8, 4) is 5.75 Å². The van der Waals surface area contributed by atoms with Crippen LogP contribution in [0.1, 0.15) is 42.3 Å². The Bertz CT molecular complexity index is 647. The summed E-state index contributed by atoms with van der Waals surface area (Å²) in [7, 11) is 1.90. The molecule has 21 heavy (non-hydrogen) atoms. The zero-order valence-corrected chi connectivity index (χ0v) is 13.4. The minimum atomic E-state index is -0.0167. The van der Waals surface area contributed by atoms with Crippen LogP contribution in [-0.2, 0) is 12.5 Å². The number of hydrogen-bond donors (Lipinski definition) is 0. The lowest BCUT2D eigenvalue weighted by atomic mass is 9.85. The summed E-state index contributed by atoms with van der Waals surface area (Å²) < 4.78 is 7.65. The molecule has 0 saturated heterocycles. The second kappa shape index (κ2) is 5.76. The summed E-state index contributed by atoms with van der Waals surface area (Å²) in [6.07, 6.45) is 3.67. The molecule has 0 bridgehead atoms. The first kappa shape index (κ1) is 15.4. The molecule has 0 spiro atoms. The van der Waals surface area contributed by atoms with E-state index in [-0.39, 0.29) is 17.8 Å². The lowest BCUT2D eigenvalue weighted by molar-refractivity contribution is 0.0920. The number of ketones is 1. The van der Waals surface area contributed by atoms with Gasteiger partial charge in [-0.3, -0.25) is 4.79 Å². The molecule has 0 unspecified atom stereocenters. The van der Waals surface area contributed by atoms with Gasteiger partial charge in [0.2, 0.25) is 5.78 Å². The zero-order chi connectivity index (χ0) is 15.6. The van der Waals surface area contributed by atoms with E-state index in [9.17, 15) is 4.79 Å². The Labute approximate surface area is 126 Å². The molecule has 1 heterocycles. The van der Waals surface area contributed by atoms with Gasteiger partial charge in [-0.05, 0) is 30.0 Å². The highest BCUT2D eigenvalue weighted by Gasteiger charge is 2.20. The van der Waals surface area contributed by atoms with E-state index in [0.29, 0.717) is 5.56 Å². The predicted octanol–water partition coefficient (Wildman–Crippen LogP) is 3.89. The SMILES string of the molecule is Cc1ccc(OCC(=O)c2ccn(C)c2)c(C(C)(C)C)c1. The van der Waals surface area contributed by atoms with E-state index in [1.807, 2.05) is 42.2 Å². The summed E-state index contributed by atoms with van der Waals surface area (Å²) in [5.41, 5.74) is 2.99. The molecule has 2 aromatic rings. The lowest BCUT2D eigenvalue weighted by Crippen LogP contribution is -2.17. The number of rotatable bonds is 4. The fourth-order valence-corrected chi connectivity index (χ4v) is 2.25. The third-order valence-electron chi connectivity index (χ3n) is 3.46. The highest BCUT2D eigenvalue weighted by atomic mass is 16.5. The van der Waals surface area contributed by atoms with E-state index < -0.39 is 0 Å². The molecule has 0 atom stereocenters. The normalized spacial score (nSPS) is 11.5. The highest BCUT2D eigenvalue weighted by molar-refractivity contribution is 5.97. The van der Waals surface area contributed by atoms with E-state index in [4.69, 9.17) is 4.74 Å². The average molecular weight is 285 g/mol. The van der Waals surface area contributed by atoms with Crippen LogP contribution in [0.15, 0.2) is 36.7 Å². The second-order valence-electron chi connectivity index (χ2n) is 6.53. The molecule has 0 aliphatic rings. The molecule has 0 aliphatic carbocycles. The number of ether oxygens (including phenoxy) is 1. The molecule has 0 amide bonds. The fourth-order valence-electron chi connectivity index (χ4n) is 2.25. The number of hydrogen-bond acceptors (Lipinski definition) is 2. The molecule has 0 radical (unpaired) electrons. The van der Waals surface area contributed by atoms with Gasteiger partial charge in [-0.2, -0.15) is 0 Å². The standard InChI is InChI=1S/C18H23NO2/c1-13-6-7-17(15(10-13)18(2,3)4)21-12-16(20)14-8-9-19(5)11-14/h6-11H,12H2,1-5H3. The van der Waals surface area contributed by atoms with Crippen LogP contribution >= 0.6 is 0 Å². The molecule has 0 aliphatic heterocycles. The number of benzene rings is 1. The molecule has 1 aromatic heterocycles. The lowest BCUT2D eigenvalue weighted by Gasteiger charge is -2.23. The van der Waals surface area contributed by atoms with E-state index in [2.05, 4.69) is 33.8 Å². The van der Waals surface area contributed by atoms with Gasteiger partial charge in [-0.1, -0.05) is 38.5 Å². The summed E-state index contributed by atoms with van der Waals surface area (Å²) in [5.74, 6) is 0.786. The third-order valence-corrected chi connectivity index (χ3v) is 3.46. The minimum Gasteiger partial charge on any atom is -0.485 e. The van der Waals surface area contributed by atoms with Crippen LogP contribution in [0.4, 0.5) is 0 Å². The summed E-state index contributed by atoms with van der Waals surface area (Å²) in [6, 6.07) is 7.90. The van der Waals surface area contributed by atoms with Gasteiger partial charge in [0.25, 0.3) is 0 Å². The van der Waals surface area contributed by atoms with Crippen LogP contribution in [0.2, 0.25) is 0 Å². The highest BCUT2D eigenvalue weighted by Crippen LogP contribution is 2.32. The maximum atomic E-state index is 12.1. The van der Waals surface area contributed by atoms with Crippen LogP contribution in [-0.4, -0.2) is 17.0 Å². The number of nitrogens with zero attached hydrogens (tertiary/aromatic N) is 1. The van der Waals surface area contributed by atoms with Crippen LogP contribution in [0, 0.1) is 6.92 Å². The molecule has 0 fully saturated rings. The molecule has 1 aromatic carbocycles. The van der Waals surface area contributed by atoms with Crippen molar-refractivity contribution in [1.29, 1.82) is 0 Å². The molecule has 2 rings (SSSR count). The third kappa shape index (κ3) is 3.75. The Balaban J connectivity index is 2.15. The zero-order valence-electron chi connectivity index (χ0n) is 13.4. The largest absolute Gasteiger partial charge is 0.485 e. The topological polar surface area (TPSA) is 31.2 Å². The van der Waals surface area contributed by atoms with Gasteiger partial charge < -0.3 is 9.30 Å². The first-order valence-corrected chi connectivity index (χ1v) is 7.16. The van der Waals surface area contributed by atoms with E-state index in [1.165, 1.54) is 5.56 Å². The summed E-state index contributed by atoms with van der Waals surface area (Å²) in [6.45, 7) is 8.57. The van der Waals surface area contributed by atoms with Crippen molar-refractivity contribution >= 4 is 5.78 Å². The van der Waals surface area contributed by atoms with Crippen LogP contribution in [0.5, 0.6) is 5.75 Å². The monoisotopic (exact) mass is 285 g/mol. The van der Waals surface area contributed by atoms with Crippen molar-refractivity contribution in [3.05, 3.63) is 53.3 Å². The quantitative estimate of drug-likeness (QED) is 0.798. The van der Waals surface area contributed by atoms with Crippen LogP contribution < -0.4 is 4.74 Å². The number of aryl methyl sites for hydroxylation is 2. The molecular weight excluding hydrogens is 262 g/mol. The van der Waals surface area contributed by atoms with Crippen molar-refractivity contribution in [2.75, 3.05) is 6.61 Å². The Kier molecular flexibility index (Phi) is 4.21. The number of carbonyl (C=O) groups excluding carboxylic acids is 1. The smallest absolute Gasteiger partial charge is 0.201 e. The first-order chi connectivity index (χ1) is 9.77. The van der Waals surface area contributed by atoms with Crippen LogP contribution in [0.25, 0.3) is 0 Å². The van der Waals surface area contributed by atoms with Crippen molar-refractivity contribution in [2.24, 2.45) is 7.05 Å². The Morgan fingerprint density at radius 1 is 1.24 bits per heavy atom. The van der Waals surface area contributed by atoms with Gasteiger partial charge >= 0.3 is 0 Å². The first-order valence-electron chi connectivity index (χ1n) is 7.16. The summed E-state index contributed by atoms with van der Waals surface area (Å²) >= 11 is 0. The van der Waals surface area contributed by atoms with Gasteiger partial charge in [0.1, 0.15) is 5.75 Å². The Morgan fingerprint density at radius 2 is 1.95 bits per heavy atom. The van der Waals surface area contributed by atoms with E-state index >= 15 is 0 Å². The summed E-state index contributed by atoms with van der Waals surface area (Å²) in [4.78, 5) is 12.1. The second-order valence-corrected chi connectivity index (χ2v) is 6.53. The van der Waals surface area contributed by atoms with Gasteiger partial charge in [0.05, 0.1) is 0 Å². The minimum absolute atomic E-state index is 0.00367. The van der Waals surface area contributed by atoms with Gasteiger partial charge in [0.15, 0.2) is 6.61 Å². The molecule has 0 saturated carbocycles. The van der Waals surface area contributed by atoms with E-state index in [0.717, 1.165) is 11.3 Å². The Morgan fingerprint density at radius 3 is 2.52 bits per heavy atom. The van der Waals surface area contributed by atoms with E-state index in [1.54, 1.807) is 0 Å². The van der Waals surface area contributed by atoms with Crippen molar-refractivity contribution in [3.63, 3.8) is 0 Å². The van der Waals surface area contributed by atoms with Gasteiger partial charge in [-0.25, -0.2) is 0 Å². The maximum Gasteiger partial charge on any atom is 0.201 e. The maximum absolute atomic E-state index is 12.1. The number of Topliss-reactive ketones (excluding diaryl/α,β-unsaturated/α-hetero) is 1. The number of aromatic nitrogens is 1. The number of carbonyl (C=O) groups is 1. The molecule has 3 heteroatoms. The van der Waals surface area contributed by atoms with Crippen molar-refractivity contribution < 1.29 is 9.53 Å². The molecular formula is C18H23NO2. The molecule has 0 N–H and O–H groups in total. The van der Waals surface area contributed by atoms with Gasteiger partial charge in [-0.15, -0.1) is 0 Å². The Hall–Kier alpha value is -2.03.